The maximum Gasteiger partial charge on any atom is 0.305 e. The third kappa shape index (κ3) is 2.72. The molecule has 1 aromatic heterocycles. The van der Waals surface area contributed by atoms with Crippen molar-refractivity contribution in [1.29, 1.82) is 0 Å². The third-order valence-electron chi connectivity index (χ3n) is 2.64. The lowest BCUT2D eigenvalue weighted by Gasteiger charge is -2.17. The molecule has 2 rings (SSSR count). The van der Waals surface area contributed by atoms with Crippen LogP contribution in [0.4, 0.5) is 5.82 Å². The average Bonchev–Trinajstić information content (AvgIpc) is 2.35. The molecule has 0 aliphatic carbocycles. The lowest BCUT2D eigenvalue weighted by atomic mass is 10.2. The van der Waals surface area contributed by atoms with Crippen molar-refractivity contribution in [3.8, 4) is 0 Å². The molecule has 0 radical (unpaired) electrons. The molecule has 4 nitrogen and oxygen atoms in total. The molecule has 0 atom stereocenters. The molecular weight excluding hydrogens is 216 g/mol. The zero-order valence-electron chi connectivity index (χ0n) is 9.63. The maximum absolute atomic E-state index is 10.5. The van der Waals surface area contributed by atoms with Gasteiger partial charge in [-0.2, -0.15) is 0 Å². The molecule has 0 saturated carbocycles. The monoisotopic (exact) mass is 230 g/mol. The Bertz CT molecular complexity index is 540. The van der Waals surface area contributed by atoms with E-state index in [1.54, 1.807) is 0 Å². The highest BCUT2D eigenvalue weighted by molar-refractivity contribution is 5.80. The van der Waals surface area contributed by atoms with Crippen LogP contribution in [0.2, 0.25) is 0 Å². The van der Waals surface area contributed by atoms with E-state index in [4.69, 9.17) is 5.11 Å². The minimum Gasteiger partial charge on any atom is -0.481 e. The van der Waals surface area contributed by atoms with Crippen molar-refractivity contribution in [3.63, 3.8) is 0 Å². The minimum absolute atomic E-state index is 0.116. The topological polar surface area (TPSA) is 53.4 Å². The van der Waals surface area contributed by atoms with Gasteiger partial charge in [-0.25, -0.2) is 4.98 Å². The summed E-state index contributed by atoms with van der Waals surface area (Å²) >= 11 is 0. The third-order valence-corrected chi connectivity index (χ3v) is 2.64. The molecule has 88 valence electrons. The predicted molar refractivity (Wildman–Crippen MR) is 67.3 cm³/mol. The fourth-order valence-electron chi connectivity index (χ4n) is 1.65. The van der Waals surface area contributed by atoms with Crippen molar-refractivity contribution in [2.75, 3.05) is 18.5 Å². The molecule has 1 heterocycles. The minimum atomic E-state index is -0.794. The number of pyridine rings is 1. The van der Waals surface area contributed by atoms with Crippen LogP contribution in [-0.2, 0) is 4.79 Å². The number of para-hydroxylation sites is 1. The van der Waals surface area contributed by atoms with Crippen LogP contribution in [0.5, 0.6) is 0 Å². The SMILES string of the molecule is CN(CCC(=O)O)c1ccc2ccccc2n1. The molecule has 0 spiro atoms. The fraction of sp³-hybridized carbons (Fsp3) is 0.231. The van der Waals surface area contributed by atoms with Gasteiger partial charge in [0.1, 0.15) is 5.82 Å². The largest absolute Gasteiger partial charge is 0.481 e. The summed E-state index contributed by atoms with van der Waals surface area (Å²) < 4.78 is 0. The summed E-state index contributed by atoms with van der Waals surface area (Å²) in [5, 5.41) is 9.72. The summed E-state index contributed by atoms with van der Waals surface area (Å²) in [5.74, 6) is 0.00240. The Hall–Kier alpha value is -2.10. The first-order chi connectivity index (χ1) is 8.16. The second-order valence-electron chi connectivity index (χ2n) is 3.93. The van der Waals surface area contributed by atoms with Crippen LogP contribution >= 0.6 is 0 Å². The molecule has 0 amide bonds. The lowest BCUT2D eigenvalue weighted by Crippen LogP contribution is -2.21. The van der Waals surface area contributed by atoms with Gasteiger partial charge in [-0.05, 0) is 18.2 Å². The maximum atomic E-state index is 10.5. The number of hydrogen-bond donors (Lipinski definition) is 1. The van der Waals surface area contributed by atoms with Crippen molar-refractivity contribution in [1.82, 2.24) is 4.98 Å². The zero-order chi connectivity index (χ0) is 12.3. The quantitative estimate of drug-likeness (QED) is 0.874. The summed E-state index contributed by atoms with van der Waals surface area (Å²) in [6.07, 6.45) is 0.116. The van der Waals surface area contributed by atoms with E-state index in [0.717, 1.165) is 16.7 Å². The van der Waals surface area contributed by atoms with E-state index in [1.165, 1.54) is 0 Å². The van der Waals surface area contributed by atoms with E-state index in [9.17, 15) is 4.79 Å². The second kappa shape index (κ2) is 4.82. The molecule has 0 unspecified atom stereocenters. The molecule has 2 aromatic rings. The van der Waals surface area contributed by atoms with Crippen LogP contribution in [-0.4, -0.2) is 29.7 Å². The summed E-state index contributed by atoms with van der Waals surface area (Å²) in [5.41, 5.74) is 0.923. The molecule has 0 fully saturated rings. The van der Waals surface area contributed by atoms with E-state index in [-0.39, 0.29) is 6.42 Å². The van der Waals surface area contributed by atoms with Gasteiger partial charge in [0.2, 0.25) is 0 Å². The molecule has 0 saturated heterocycles. The highest BCUT2D eigenvalue weighted by atomic mass is 16.4. The molecule has 4 heteroatoms. The first kappa shape index (κ1) is 11.4. The molecule has 1 N–H and O–H groups in total. The number of aliphatic carboxylic acids is 1. The van der Waals surface area contributed by atoms with Gasteiger partial charge in [0.25, 0.3) is 0 Å². The summed E-state index contributed by atoms with van der Waals surface area (Å²) in [6.45, 7) is 0.459. The van der Waals surface area contributed by atoms with E-state index in [1.807, 2.05) is 48.3 Å². The van der Waals surface area contributed by atoms with Crippen LogP contribution < -0.4 is 4.90 Å². The Labute approximate surface area is 99.5 Å². The van der Waals surface area contributed by atoms with Crippen LogP contribution in [0.1, 0.15) is 6.42 Å². The predicted octanol–water partition coefficient (Wildman–Crippen LogP) is 2.15. The molecule has 0 aliphatic rings. The molecule has 1 aromatic carbocycles. The van der Waals surface area contributed by atoms with Gasteiger partial charge < -0.3 is 10.0 Å². The van der Waals surface area contributed by atoms with Crippen molar-refractivity contribution in [3.05, 3.63) is 36.4 Å². The highest BCUT2D eigenvalue weighted by Gasteiger charge is 2.05. The van der Waals surface area contributed by atoms with Crippen molar-refractivity contribution >= 4 is 22.7 Å². The number of fused-ring (bicyclic) bond motifs is 1. The number of carboxylic acid groups (broad SMARTS) is 1. The number of hydrogen-bond acceptors (Lipinski definition) is 3. The van der Waals surface area contributed by atoms with Crippen molar-refractivity contribution in [2.24, 2.45) is 0 Å². The van der Waals surface area contributed by atoms with Gasteiger partial charge in [0.15, 0.2) is 0 Å². The lowest BCUT2D eigenvalue weighted by molar-refractivity contribution is -0.136. The van der Waals surface area contributed by atoms with Gasteiger partial charge >= 0.3 is 5.97 Å². The second-order valence-corrected chi connectivity index (χ2v) is 3.93. The van der Waals surface area contributed by atoms with Crippen molar-refractivity contribution < 1.29 is 9.90 Å². The normalized spacial score (nSPS) is 10.4. The average molecular weight is 230 g/mol. The number of carbonyl (C=O) groups is 1. The van der Waals surface area contributed by atoms with E-state index < -0.39 is 5.97 Å². The number of rotatable bonds is 4. The summed E-state index contributed by atoms with van der Waals surface area (Å²) in [6, 6.07) is 11.8. The molecular formula is C13H14N2O2. The highest BCUT2D eigenvalue weighted by Crippen LogP contribution is 2.16. The first-order valence-corrected chi connectivity index (χ1v) is 5.45. The summed E-state index contributed by atoms with van der Waals surface area (Å²) in [4.78, 5) is 16.8. The van der Waals surface area contributed by atoms with Crippen LogP contribution in [0.3, 0.4) is 0 Å². The number of benzene rings is 1. The van der Waals surface area contributed by atoms with Crippen molar-refractivity contribution in [2.45, 2.75) is 6.42 Å². The molecule has 17 heavy (non-hydrogen) atoms. The number of carboxylic acids is 1. The smallest absolute Gasteiger partial charge is 0.305 e. The number of aromatic nitrogens is 1. The molecule has 0 bridgehead atoms. The standard InChI is InChI=1S/C13H14N2O2/c1-15(9-8-13(16)17)12-7-6-10-4-2-3-5-11(10)14-12/h2-7H,8-9H2,1H3,(H,16,17). The number of nitrogens with zero attached hydrogens (tertiary/aromatic N) is 2. The Morgan fingerprint density at radius 3 is 2.82 bits per heavy atom. The Balaban J connectivity index is 2.20. The number of anilines is 1. The summed E-state index contributed by atoms with van der Waals surface area (Å²) in [7, 11) is 1.85. The van der Waals surface area contributed by atoms with Gasteiger partial charge in [-0.3, -0.25) is 4.79 Å². The van der Waals surface area contributed by atoms with Gasteiger partial charge in [-0.1, -0.05) is 18.2 Å². The van der Waals surface area contributed by atoms with Gasteiger partial charge in [-0.15, -0.1) is 0 Å². The Morgan fingerprint density at radius 2 is 2.06 bits per heavy atom. The van der Waals surface area contributed by atoms with E-state index in [0.29, 0.717) is 6.54 Å². The van der Waals surface area contributed by atoms with Gasteiger partial charge in [0, 0.05) is 19.0 Å². The van der Waals surface area contributed by atoms with Crippen LogP contribution in [0.25, 0.3) is 10.9 Å². The molecule has 0 aliphatic heterocycles. The first-order valence-electron chi connectivity index (χ1n) is 5.45. The van der Waals surface area contributed by atoms with E-state index >= 15 is 0 Å². The fourth-order valence-corrected chi connectivity index (χ4v) is 1.65. The Kier molecular flexibility index (Phi) is 3.23. The Morgan fingerprint density at radius 1 is 1.29 bits per heavy atom. The zero-order valence-corrected chi connectivity index (χ0v) is 9.63. The van der Waals surface area contributed by atoms with Crippen LogP contribution in [0, 0.1) is 0 Å². The van der Waals surface area contributed by atoms with Crippen LogP contribution in [0.15, 0.2) is 36.4 Å². The van der Waals surface area contributed by atoms with E-state index in [2.05, 4.69) is 4.98 Å². The van der Waals surface area contributed by atoms with Gasteiger partial charge in [0.05, 0.1) is 11.9 Å².